The highest BCUT2D eigenvalue weighted by atomic mass is 32.1. The highest BCUT2D eigenvalue weighted by Gasteiger charge is 2.31. The number of thiophene rings is 1. The fraction of sp³-hybridized carbons (Fsp3) is 0.750. The Labute approximate surface area is 127 Å². The molecule has 2 saturated heterocycles. The molecule has 4 heteroatoms. The summed E-state index contributed by atoms with van der Waals surface area (Å²) in [5.74, 6) is 0. The molecule has 1 N–H and O–H groups in total. The van der Waals surface area contributed by atoms with Crippen LogP contribution in [0.2, 0.25) is 0 Å². The first kappa shape index (κ1) is 14.5. The van der Waals surface area contributed by atoms with Gasteiger partial charge in [0.05, 0.1) is 6.04 Å². The molecule has 0 radical (unpaired) electrons. The van der Waals surface area contributed by atoms with Crippen LogP contribution in [-0.4, -0.2) is 55.1 Å². The third-order valence-corrected chi connectivity index (χ3v) is 5.74. The lowest BCUT2D eigenvalue weighted by molar-refractivity contribution is 0.0817. The van der Waals surface area contributed by atoms with Crippen LogP contribution in [0, 0.1) is 0 Å². The third kappa shape index (κ3) is 3.25. The summed E-state index contributed by atoms with van der Waals surface area (Å²) < 4.78 is 0. The van der Waals surface area contributed by atoms with Gasteiger partial charge in [0.1, 0.15) is 0 Å². The van der Waals surface area contributed by atoms with Crippen molar-refractivity contribution < 1.29 is 0 Å². The molecular weight excluding hydrogens is 266 g/mol. The molecule has 2 aliphatic heterocycles. The number of hydrogen-bond donors (Lipinski definition) is 1. The van der Waals surface area contributed by atoms with E-state index in [2.05, 4.69) is 39.6 Å². The minimum Gasteiger partial charge on any atom is -0.314 e. The fourth-order valence-corrected chi connectivity index (χ4v) is 4.45. The Balaban J connectivity index is 1.76. The van der Waals surface area contributed by atoms with Crippen molar-refractivity contribution in [2.75, 3.05) is 39.3 Å². The molecule has 112 valence electrons. The second-order valence-electron chi connectivity index (χ2n) is 6.04. The van der Waals surface area contributed by atoms with Crippen molar-refractivity contribution in [3.05, 3.63) is 22.4 Å². The maximum atomic E-state index is 3.56. The van der Waals surface area contributed by atoms with Crippen molar-refractivity contribution in [2.45, 2.75) is 38.3 Å². The highest BCUT2D eigenvalue weighted by Crippen LogP contribution is 2.30. The molecule has 1 aromatic heterocycles. The van der Waals surface area contributed by atoms with Crippen molar-refractivity contribution in [3.8, 4) is 0 Å². The molecule has 0 aromatic carbocycles. The number of nitrogens with one attached hydrogen (secondary N) is 1. The first-order valence-corrected chi connectivity index (χ1v) is 8.98. The van der Waals surface area contributed by atoms with Crippen molar-refractivity contribution in [1.29, 1.82) is 0 Å². The Bertz CT molecular complexity index is 386. The summed E-state index contributed by atoms with van der Waals surface area (Å²) in [5, 5.41) is 5.79. The highest BCUT2D eigenvalue weighted by molar-refractivity contribution is 7.10. The lowest BCUT2D eigenvalue weighted by Crippen LogP contribution is -2.53. The molecule has 1 aromatic rings. The molecule has 2 atom stereocenters. The van der Waals surface area contributed by atoms with E-state index < -0.39 is 0 Å². The summed E-state index contributed by atoms with van der Waals surface area (Å²) in [4.78, 5) is 6.98. The Morgan fingerprint density at radius 3 is 2.90 bits per heavy atom. The average Bonchev–Trinajstić information content (AvgIpc) is 3.18. The molecule has 3 heterocycles. The van der Waals surface area contributed by atoms with Crippen molar-refractivity contribution in [1.82, 2.24) is 15.1 Å². The first-order chi connectivity index (χ1) is 9.88. The Morgan fingerprint density at radius 1 is 1.35 bits per heavy atom. The normalized spacial score (nSPS) is 26.9. The Hall–Kier alpha value is -0.420. The topological polar surface area (TPSA) is 18.5 Å². The largest absolute Gasteiger partial charge is 0.314 e. The van der Waals surface area contributed by atoms with E-state index >= 15 is 0 Å². The number of piperazine rings is 1. The summed E-state index contributed by atoms with van der Waals surface area (Å²) in [5.41, 5.74) is 0. The van der Waals surface area contributed by atoms with Crippen LogP contribution < -0.4 is 5.32 Å². The van der Waals surface area contributed by atoms with Gasteiger partial charge in [0.25, 0.3) is 0 Å². The van der Waals surface area contributed by atoms with Gasteiger partial charge in [-0.15, -0.1) is 11.3 Å². The Kier molecular flexibility index (Phi) is 5.10. The monoisotopic (exact) mass is 293 g/mol. The number of likely N-dealkylation sites (tertiary alicyclic amines) is 1. The van der Waals surface area contributed by atoms with E-state index in [9.17, 15) is 0 Å². The zero-order valence-electron chi connectivity index (χ0n) is 12.6. The van der Waals surface area contributed by atoms with Crippen LogP contribution in [0.3, 0.4) is 0 Å². The molecule has 20 heavy (non-hydrogen) atoms. The number of hydrogen-bond acceptors (Lipinski definition) is 4. The number of nitrogens with zero attached hydrogens (tertiary/aromatic N) is 2. The van der Waals surface area contributed by atoms with E-state index in [-0.39, 0.29) is 0 Å². The van der Waals surface area contributed by atoms with Gasteiger partial charge in [-0.25, -0.2) is 0 Å². The second kappa shape index (κ2) is 7.03. The standard InChI is InChI=1S/C16H27N3S/c1-2-14-12-17-7-10-19(14)15(16-6-5-11-20-16)13-18-8-3-4-9-18/h5-6,11,14-15,17H,2-4,7-10,12-13H2,1H3. The number of rotatable bonds is 5. The van der Waals surface area contributed by atoms with E-state index in [0.29, 0.717) is 12.1 Å². The summed E-state index contributed by atoms with van der Waals surface area (Å²) in [6, 6.07) is 5.83. The first-order valence-electron chi connectivity index (χ1n) is 8.10. The van der Waals surface area contributed by atoms with E-state index in [1.54, 1.807) is 4.88 Å². The molecule has 0 bridgehead atoms. The molecule has 2 unspecified atom stereocenters. The van der Waals surface area contributed by atoms with Crippen LogP contribution in [0.25, 0.3) is 0 Å². The molecule has 0 spiro atoms. The second-order valence-corrected chi connectivity index (χ2v) is 7.02. The smallest absolute Gasteiger partial charge is 0.0572 e. The van der Waals surface area contributed by atoms with Gasteiger partial charge >= 0.3 is 0 Å². The van der Waals surface area contributed by atoms with E-state index in [1.165, 1.54) is 45.4 Å². The zero-order chi connectivity index (χ0) is 13.8. The Morgan fingerprint density at radius 2 is 2.20 bits per heavy atom. The van der Waals surface area contributed by atoms with E-state index in [0.717, 1.165) is 13.1 Å². The van der Waals surface area contributed by atoms with Gasteiger partial charge in [-0.3, -0.25) is 4.90 Å². The van der Waals surface area contributed by atoms with Gasteiger partial charge in [-0.05, 0) is 43.8 Å². The van der Waals surface area contributed by atoms with Crippen molar-refractivity contribution >= 4 is 11.3 Å². The lowest BCUT2D eigenvalue weighted by Gasteiger charge is -2.42. The van der Waals surface area contributed by atoms with Gasteiger partial charge in [-0.2, -0.15) is 0 Å². The average molecular weight is 293 g/mol. The van der Waals surface area contributed by atoms with Crippen LogP contribution in [0.5, 0.6) is 0 Å². The maximum Gasteiger partial charge on any atom is 0.0572 e. The molecule has 2 fully saturated rings. The van der Waals surface area contributed by atoms with Crippen LogP contribution in [0.15, 0.2) is 17.5 Å². The minimum atomic E-state index is 0.597. The maximum absolute atomic E-state index is 3.56. The van der Waals surface area contributed by atoms with Gasteiger partial charge < -0.3 is 10.2 Å². The zero-order valence-corrected chi connectivity index (χ0v) is 13.4. The molecule has 2 aliphatic rings. The van der Waals surface area contributed by atoms with Gasteiger partial charge in [-0.1, -0.05) is 13.0 Å². The van der Waals surface area contributed by atoms with Crippen molar-refractivity contribution in [2.24, 2.45) is 0 Å². The third-order valence-electron chi connectivity index (χ3n) is 4.77. The van der Waals surface area contributed by atoms with Crippen LogP contribution >= 0.6 is 11.3 Å². The van der Waals surface area contributed by atoms with Crippen LogP contribution in [0.4, 0.5) is 0 Å². The summed E-state index contributed by atoms with van der Waals surface area (Å²) in [6.07, 6.45) is 4.01. The summed E-state index contributed by atoms with van der Waals surface area (Å²) >= 11 is 1.93. The SMILES string of the molecule is CCC1CNCCN1C(CN1CCCC1)c1cccs1. The summed E-state index contributed by atoms with van der Waals surface area (Å²) in [7, 11) is 0. The summed E-state index contributed by atoms with van der Waals surface area (Å²) in [6.45, 7) is 9.62. The molecule has 3 rings (SSSR count). The van der Waals surface area contributed by atoms with Crippen molar-refractivity contribution in [3.63, 3.8) is 0 Å². The van der Waals surface area contributed by atoms with Crippen LogP contribution in [0.1, 0.15) is 37.1 Å². The minimum absolute atomic E-state index is 0.597. The lowest BCUT2D eigenvalue weighted by atomic mass is 10.1. The van der Waals surface area contributed by atoms with E-state index in [4.69, 9.17) is 0 Å². The van der Waals surface area contributed by atoms with Crippen LogP contribution in [-0.2, 0) is 0 Å². The predicted molar refractivity (Wildman–Crippen MR) is 86.4 cm³/mol. The van der Waals surface area contributed by atoms with Gasteiger partial charge in [0.15, 0.2) is 0 Å². The molecule has 0 saturated carbocycles. The van der Waals surface area contributed by atoms with E-state index in [1.807, 2.05) is 11.3 Å². The predicted octanol–water partition coefficient (Wildman–Crippen LogP) is 2.57. The fourth-order valence-electron chi connectivity index (χ4n) is 3.61. The van der Waals surface area contributed by atoms with Gasteiger partial charge in [0.2, 0.25) is 0 Å². The van der Waals surface area contributed by atoms with Gasteiger partial charge in [0, 0.05) is 37.1 Å². The quantitative estimate of drug-likeness (QED) is 0.900. The molecule has 0 aliphatic carbocycles. The molecular formula is C16H27N3S. The molecule has 0 amide bonds. The molecule has 3 nitrogen and oxygen atoms in total.